The number of para-hydroxylation sites is 2. The second-order valence-electron chi connectivity index (χ2n) is 14.3. The van der Waals surface area contributed by atoms with E-state index in [9.17, 15) is 19.3 Å². The topological polar surface area (TPSA) is 214 Å². The molecule has 3 heterocycles. The van der Waals surface area contributed by atoms with Gasteiger partial charge in [0.1, 0.15) is 17.3 Å². The first-order chi connectivity index (χ1) is 26.7. The minimum Gasteiger partial charge on any atom is -0.551 e. The molecule has 1 aliphatic carbocycles. The molecule has 3 aromatic rings. The molecular formula is C40H55N8NaO7P-. The molecule has 17 heteroatoms. The van der Waals surface area contributed by atoms with Crippen molar-refractivity contribution >= 4 is 43.4 Å². The summed E-state index contributed by atoms with van der Waals surface area (Å²) < 4.78 is 17.7. The van der Waals surface area contributed by atoms with Crippen LogP contribution in [0.3, 0.4) is 0 Å². The van der Waals surface area contributed by atoms with Gasteiger partial charge in [0, 0.05) is 49.0 Å². The molecule has 1 atom stereocenters. The number of piperidine rings is 1. The van der Waals surface area contributed by atoms with Crippen molar-refractivity contribution in [3.8, 4) is 11.5 Å². The minimum absolute atomic E-state index is 0. The number of carbonyl (C=O) groups excluding carboxylic acids is 3. The number of aromatic nitrogens is 2. The smallest absolute Gasteiger partial charge is 0.551 e. The predicted molar refractivity (Wildman–Crippen MR) is 217 cm³/mol. The van der Waals surface area contributed by atoms with E-state index in [-0.39, 0.29) is 53.1 Å². The number of nitrogens with zero attached hydrogens (tertiary/aromatic N) is 4. The maximum Gasteiger partial charge on any atom is 1.00 e. The quantitative estimate of drug-likeness (QED) is 0.0653. The molecule has 3 aliphatic rings. The second kappa shape index (κ2) is 23.5. The molecular weight excluding hydrogens is 758 g/mol. The molecule has 2 aromatic carbocycles. The summed E-state index contributed by atoms with van der Waals surface area (Å²) in [6.45, 7) is 11.3. The molecule has 3 amide bonds. The summed E-state index contributed by atoms with van der Waals surface area (Å²) in [6.07, 6.45) is 12.8. The van der Waals surface area contributed by atoms with Gasteiger partial charge in [0.05, 0.1) is 30.2 Å². The Balaban J connectivity index is 0.000000396. The van der Waals surface area contributed by atoms with E-state index in [4.69, 9.17) is 31.0 Å². The van der Waals surface area contributed by atoms with Crippen molar-refractivity contribution < 1.29 is 62.6 Å². The standard InChI is InChI=1S/C27H40N7O4P.C8H8O.C5H7NO2.Na/c1-27(2,3)38-39(36)37-24-12-8-7-11-21(24)22(28)15-23(26(29)30)34-17-20(16-31-34)33-14-13-32(18-25(33)35)19-9-5-4-6-10-19;1-2-9-8-6-4-3-5-7-8;7-4-2-1-3-5(8)6-4;/h7-8,11-12,15-17,19,36H,4-6,9-10,13-14,18,28-30H2,1-3H3;3-6H,1-2H2;1-3H2,(H,6,7,8);/q;-2;;+1/b22-15-;;;. The SMILES string of the molecule is CC(C)(C)OP(O)Oc1ccccc1/C(N)=C/C(=C(N)N)n1cc(N2CCN(C3CCCCC3)CC2=O)cn1.O=C1CCCC(=O)N1.[CH2-]COc1[c-]cccc1.[Na+]. The Morgan fingerprint density at radius 1 is 1.02 bits per heavy atom. The van der Waals surface area contributed by atoms with Gasteiger partial charge in [-0.3, -0.25) is 29.1 Å². The molecule has 0 spiro atoms. The van der Waals surface area contributed by atoms with Gasteiger partial charge in [0.15, 0.2) is 0 Å². The number of benzene rings is 2. The zero-order chi connectivity index (χ0) is 40.7. The number of allylic oxidation sites excluding steroid dienone is 2. The Bertz CT molecular complexity index is 1790. The first-order valence-corrected chi connectivity index (χ1v) is 19.9. The number of piperazine rings is 1. The van der Waals surface area contributed by atoms with Crippen LogP contribution in [-0.4, -0.2) is 75.2 Å². The maximum absolute atomic E-state index is 13.0. The van der Waals surface area contributed by atoms with Gasteiger partial charge in [-0.1, -0.05) is 31.4 Å². The Kier molecular flexibility index (Phi) is 19.5. The molecule has 1 unspecified atom stereocenters. The number of amides is 3. The van der Waals surface area contributed by atoms with Crippen molar-refractivity contribution in [2.45, 2.75) is 83.8 Å². The number of hydrogen-bond acceptors (Lipinski definition) is 12. The maximum atomic E-state index is 13.0. The molecule has 304 valence electrons. The number of nitrogens with two attached hydrogens (primary N) is 3. The average molecular weight is 814 g/mol. The Morgan fingerprint density at radius 2 is 1.70 bits per heavy atom. The zero-order valence-corrected chi connectivity index (χ0v) is 36.4. The fourth-order valence-corrected chi connectivity index (χ4v) is 7.04. The van der Waals surface area contributed by atoms with E-state index in [1.165, 1.54) is 36.8 Å². The normalized spacial score (nSPS) is 17.1. The molecule has 3 fully saturated rings. The summed E-state index contributed by atoms with van der Waals surface area (Å²) in [5, 5.41) is 6.62. The van der Waals surface area contributed by atoms with Crippen molar-refractivity contribution in [3.63, 3.8) is 0 Å². The fourth-order valence-electron chi connectivity index (χ4n) is 6.20. The summed E-state index contributed by atoms with van der Waals surface area (Å²) in [4.78, 5) is 48.1. The van der Waals surface area contributed by atoms with Crippen LogP contribution in [0.25, 0.3) is 11.4 Å². The van der Waals surface area contributed by atoms with Crippen molar-refractivity contribution in [2.75, 3.05) is 31.1 Å². The second-order valence-corrected chi connectivity index (χ2v) is 15.2. The van der Waals surface area contributed by atoms with E-state index < -0.39 is 14.2 Å². The van der Waals surface area contributed by atoms with Gasteiger partial charge in [0.25, 0.3) is 0 Å². The average Bonchev–Trinajstić information content (AvgIpc) is 3.64. The van der Waals surface area contributed by atoms with E-state index in [1.54, 1.807) is 47.6 Å². The number of anilines is 1. The van der Waals surface area contributed by atoms with Crippen LogP contribution in [0.5, 0.6) is 11.5 Å². The number of imide groups is 1. The Morgan fingerprint density at radius 3 is 2.28 bits per heavy atom. The Labute approximate surface area is 359 Å². The summed E-state index contributed by atoms with van der Waals surface area (Å²) >= 11 is 0. The number of nitrogens with one attached hydrogen (secondary N) is 1. The van der Waals surface area contributed by atoms with Gasteiger partial charge in [-0.25, -0.2) is 4.68 Å². The molecule has 8 N–H and O–H groups in total. The van der Waals surface area contributed by atoms with Crippen LogP contribution < -0.4 is 66.2 Å². The summed E-state index contributed by atoms with van der Waals surface area (Å²) in [5.41, 5.74) is 19.7. The van der Waals surface area contributed by atoms with E-state index in [0.29, 0.717) is 73.4 Å². The van der Waals surface area contributed by atoms with E-state index in [0.717, 1.165) is 12.3 Å². The number of ether oxygens (including phenoxy) is 1. The van der Waals surface area contributed by atoms with Gasteiger partial charge >= 0.3 is 38.2 Å². The van der Waals surface area contributed by atoms with Crippen LogP contribution in [0.1, 0.15) is 77.7 Å². The van der Waals surface area contributed by atoms with Crippen molar-refractivity contribution in [3.05, 3.63) is 91.4 Å². The van der Waals surface area contributed by atoms with Gasteiger partial charge in [-0.2, -0.15) is 23.3 Å². The molecule has 57 heavy (non-hydrogen) atoms. The van der Waals surface area contributed by atoms with Crippen LogP contribution in [0, 0.1) is 13.0 Å². The van der Waals surface area contributed by atoms with E-state index in [2.05, 4.69) is 28.3 Å². The van der Waals surface area contributed by atoms with Crippen LogP contribution in [0.4, 0.5) is 5.69 Å². The summed E-state index contributed by atoms with van der Waals surface area (Å²) in [6, 6.07) is 17.9. The molecule has 1 saturated carbocycles. The van der Waals surface area contributed by atoms with Crippen LogP contribution in [-0.2, 0) is 18.9 Å². The third kappa shape index (κ3) is 15.7. The molecule has 0 radical (unpaired) electrons. The third-order valence-corrected chi connectivity index (χ3v) is 9.86. The molecule has 2 aliphatic heterocycles. The van der Waals surface area contributed by atoms with Crippen molar-refractivity contribution in [2.24, 2.45) is 17.2 Å². The summed E-state index contributed by atoms with van der Waals surface area (Å²) in [5.74, 6) is 0.883. The monoisotopic (exact) mass is 813 g/mol. The van der Waals surface area contributed by atoms with Gasteiger partial charge in [-0.05, 0) is 64.8 Å². The number of carbonyl (C=O) groups is 3. The number of rotatable bonds is 10. The Hall–Kier alpha value is -3.95. The fraction of sp³-hybridized carbons (Fsp3) is 0.425. The van der Waals surface area contributed by atoms with Gasteiger partial charge in [0.2, 0.25) is 17.7 Å². The predicted octanol–water partition coefficient (Wildman–Crippen LogP) is 1.84. The molecule has 2 saturated heterocycles. The molecule has 1 aromatic heterocycles. The van der Waals surface area contributed by atoms with Crippen LogP contribution in [0.2, 0.25) is 0 Å². The first kappa shape index (κ1) is 47.4. The minimum atomic E-state index is -2.18. The largest absolute Gasteiger partial charge is 1.00 e. The van der Waals surface area contributed by atoms with E-state index >= 15 is 0 Å². The first-order valence-electron chi connectivity index (χ1n) is 18.7. The molecule has 15 nitrogen and oxygen atoms in total. The van der Waals surface area contributed by atoms with Crippen LogP contribution in [0.15, 0.2) is 72.8 Å². The van der Waals surface area contributed by atoms with Crippen molar-refractivity contribution in [1.29, 1.82) is 0 Å². The molecule has 6 rings (SSSR count). The van der Waals surface area contributed by atoms with Gasteiger partial charge in [-0.15, -0.1) is 12.1 Å². The van der Waals surface area contributed by atoms with Gasteiger partial charge < -0.3 is 43.2 Å². The van der Waals surface area contributed by atoms with Crippen molar-refractivity contribution in [1.82, 2.24) is 20.0 Å². The summed E-state index contributed by atoms with van der Waals surface area (Å²) in [7, 11) is -2.18. The molecule has 0 bridgehead atoms. The number of hydrogen-bond donors (Lipinski definition) is 5. The third-order valence-electron chi connectivity index (χ3n) is 8.81. The van der Waals surface area contributed by atoms with E-state index in [1.807, 2.05) is 45.0 Å². The van der Waals surface area contributed by atoms with Crippen LogP contribution >= 0.6 is 8.60 Å². The zero-order valence-electron chi connectivity index (χ0n) is 33.5.